The number of nitrogens with zero attached hydrogens (tertiary/aromatic N) is 4. The highest BCUT2D eigenvalue weighted by molar-refractivity contribution is 7.08. The lowest BCUT2D eigenvalue weighted by atomic mass is 10.1. The van der Waals surface area contributed by atoms with Gasteiger partial charge in [0.1, 0.15) is 5.01 Å². The number of hydrogen-bond acceptors (Lipinski definition) is 5. The summed E-state index contributed by atoms with van der Waals surface area (Å²) < 4.78 is 5.64. The Hall–Kier alpha value is -1.70. The molecule has 8 heteroatoms. The Kier molecular flexibility index (Phi) is 5.22. The molecular weight excluding hydrogens is 268 g/mol. The lowest BCUT2D eigenvalue weighted by molar-refractivity contribution is 0.168. The largest absolute Gasteiger partial charge is 0.451 e. The molecule has 19 heavy (non-hydrogen) atoms. The van der Waals surface area contributed by atoms with Gasteiger partial charge in [0, 0.05) is 20.5 Å². The Labute approximate surface area is 115 Å². The number of carbonyl (C=O) groups is 2. The van der Waals surface area contributed by atoms with Crippen molar-refractivity contribution < 1.29 is 14.3 Å². The van der Waals surface area contributed by atoms with Crippen LogP contribution in [0.1, 0.15) is 18.9 Å². The minimum atomic E-state index is -0.656. The van der Waals surface area contributed by atoms with E-state index in [2.05, 4.69) is 14.8 Å². The summed E-state index contributed by atoms with van der Waals surface area (Å²) in [7, 11) is 4.43. The number of carbonyl (C=O) groups excluding carboxylic acids is 2. The van der Waals surface area contributed by atoms with Gasteiger partial charge in [0.25, 0.3) is 0 Å². The van der Waals surface area contributed by atoms with Crippen molar-refractivity contribution in [1.82, 2.24) is 14.7 Å². The summed E-state index contributed by atoms with van der Waals surface area (Å²) in [5.41, 5.74) is 0. The predicted molar refractivity (Wildman–Crippen MR) is 71.1 cm³/mol. The smallest absolute Gasteiger partial charge is 0.437 e. The van der Waals surface area contributed by atoms with Crippen LogP contribution in [-0.2, 0) is 11.2 Å². The van der Waals surface area contributed by atoms with Gasteiger partial charge in [-0.3, -0.25) is 0 Å². The highest BCUT2D eigenvalue weighted by Crippen LogP contribution is 2.07. The summed E-state index contributed by atoms with van der Waals surface area (Å²) in [5.74, 6) is 0.398. The van der Waals surface area contributed by atoms with Crippen LogP contribution in [0.25, 0.3) is 0 Å². The fourth-order valence-electron chi connectivity index (χ4n) is 1.21. The molecule has 0 aliphatic carbocycles. The van der Waals surface area contributed by atoms with E-state index >= 15 is 0 Å². The fraction of sp³-hybridized carbons (Fsp3) is 0.636. The van der Waals surface area contributed by atoms with Gasteiger partial charge in [-0.15, -0.1) is 4.68 Å². The van der Waals surface area contributed by atoms with E-state index < -0.39 is 12.1 Å². The maximum Gasteiger partial charge on any atom is 0.437 e. The van der Waals surface area contributed by atoms with E-state index in [1.54, 1.807) is 14.1 Å². The molecule has 7 nitrogen and oxygen atoms in total. The first kappa shape index (κ1) is 15.4. The molecule has 1 aromatic heterocycles. The highest BCUT2D eigenvalue weighted by atomic mass is 32.1. The number of rotatable bonds is 2. The number of methoxy groups -OCH3 is 1. The lowest BCUT2D eigenvalue weighted by Crippen LogP contribution is -2.28. The molecule has 1 rings (SSSR count). The van der Waals surface area contributed by atoms with E-state index in [0.717, 1.165) is 9.69 Å². The summed E-state index contributed by atoms with van der Waals surface area (Å²) in [5, 5.41) is 4.87. The molecule has 0 N–H and O–H groups in total. The summed E-state index contributed by atoms with van der Waals surface area (Å²) in [6.07, 6.45) is 0.0596. The van der Waals surface area contributed by atoms with Crippen molar-refractivity contribution >= 4 is 23.5 Å². The monoisotopic (exact) mass is 286 g/mol. The van der Waals surface area contributed by atoms with E-state index in [9.17, 15) is 9.59 Å². The van der Waals surface area contributed by atoms with Gasteiger partial charge in [-0.05, 0) is 5.92 Å². The second-order valence-electron chi connectivity index (χ2n) is 4.55. The van der Waals surface area contributed by atoms with Crippen molar-refractivity contribution in [3.8, 4) is 0 Å². The van der Waals surface area contributed by atoms with Crippen LogP contribution in [-0.4, -0.2) is 48.0 Å². The molecule has 0 unspecified atom stereocenters. The average Bonchev–Trinajstić information content (AvgIpc) is 2.69. The standard InChI is InChI=1S/C11H18N4O3S/c1-7(2)6-8-13-15(11(17)18-5)10(19-8)12-9(16)14(3)4/h7H,6H2,1-5H3. The van der Waals surface area contributed by atoms with Crippen LogP contribution in [0.2, 0.25) is 0 Å². The Bertz CT molecular complexity index is 530. The van der Waals surface area contributed by atoms with Crippen molar-refractivity contribution in [3.05, 3.63) is 9.81 Å². The van der Waals surface area contributed by atoms with Gasteiger partial charge in [0.05, 0.1) is 7.11 Å². The maximum atomic E-state index is 11.6. The molecule has 2 amide bonds. The van der Waals surface area contributed by atoms with Crippen LogP contribution in [0.5, 0.6) is 0 Å². The molecular formula is C11H18N4O3S. The zero-order valence-corrected chi connectivity index (χ0v) is 12.5. The van der Waals surface area contributed by atoms with Gasteiger partial charge in [-0.25, -0.2) is 9.59 Å². The molecule has 0 saturated heterocycles. The number of aromatic nitrogens is 2. The van der Waals surface area contributed by atoms with Crippen LogP contribution in [0.4, 0.5) is 9.59 Å². The molecule has 0 atom stereocenters. The van der Waals surface area contributed by atoms with Gasteiger partial charge in [-0.1, -0.05) is 25.2 Å². The minimum Gasteiger partial charge on any atom is -0.451 e. The van der Waals surface area contributed by atoms with E-state index in [1.165, 1.54) is 23.3 Å². The Balaban J connectivity index is 3.23. The van der Waals surface area contributed by atoms with Crippen molar-refractivity contribution in [1.29, 1.82) is 0 Å². The number of urea groups is 1. The molecule has 1 heterocycles. The van der Waals surface area contributed by atoms with Crippen molar-refractivity contribution in [2.24, 2.45) is 10.9 Å². The lowest BCUT2D eigenvalue weighted by Gasteiger charge is -2.03. The molecule has 0 bridgehead atoms. The Morgan fingerprint density at radius 3 is 2.58 bits per heavy atom. The summed E-state index contributed by atoms with van der Waals surface area (Å²) in [6, 6.07) is -0.447. The third kappa shape index (κ3) is 4.16. The van der Waals surface area contributed by atoms with Gasteiger partial charge in [0.2, 0.25) is 4.80 Å². The normalized spacial score (nSPS) is 11.8. The topological polar surface area (TPSA) is 76.8 Å². The minimum absolute atomic E-state index is 0.223. The molecule has 0 radical (unpaired) electrons. The maximum absolute atomic E-state index is 11.6. The second-order valence-corrected chi connectivity index (χ2v) is 5.59. The molecule has 0 fully saturated rings. The Morgan fingerprint density at radius 2 is 2.11 bits per heavy atom. The first-order valence-corrected chi connectivity index (χ1v) is 6.60. The molecule has 0 aliphatic heterocycles. The SMILES string of the molecule is COC(=O)n1nc(CC(C)C)sc1=NC(=O)N(C)C. The summed E-state index contributed by atoms with van der Waals surface area (Å²) in [4.78, 5) is 28.6. The number of amides is 2. The molecule has 0 spiro atoms. The van der Waals surface area contributed by atoms with Gasteiger partial charge in [0.15, 0.2) is 0 Å². The summed E-state index contributed by atoms with van der Waals surface area (Å²) >= 11 is 1.21. The molecule has 0 aliphatic rings. The van der Waals surface area contributed by atoms with Crippen molar-refractivity contribution in [3.63, 3.8) is 0 Å². The fourth-order valence-corrected chi connectivity index (χ4v) is 2.29. The third-order valence-electron chi connectivity index (χ3n) is 2.11. The van der Waals surface area contributed by atoms with Crippen LogP contribution in [0, 0.1) is 5.92 Å². The first-order chi connectivity index (χ1) is 8.85. The molecule has 0 aromatic carbocycles. The van der Waals surface area contributed by atoms with E-state index in [4.69, 9.17) is 0 Å². The highest BCUT2D eigenvalue weighted by Gasteiger charge is 2.14. The average molecular weight is 286 g/mol. The van der Waals surface area contributed by atoms with Crippen LogP contribution >= 0.6 is 11.3 Å². The van der Waals surface area contributed by atoms with Gasteiger partial charge in [-0.2, -0.15) is 10.1 Å². The van der Waals surface area contributed by atoms with Crippen molar-refractivity contribution in [2.75, 3.05) is 21.2 Å². The predicted octanol–water partition coefficient (Wildman–Crippen LogP) is 1.34. The van der Waals surface area contributed by atoms with Crippen LogP contribution in [0.15, 0.2) is 4.99 Å². The molecule has 1 aromatic rings. The zero-order valence-electron chi connectivity index (χ0n) is 11.7. The van der Waals surface area contributed by atoms with E-state index in [0.29, 0.717) is 12.3 Å². The van der Waals surface area contributed by atoms with Gasteiger partial charge >= 0.3 is 12.1 Å². The van der Waals surface area contributed by atoms with Gasteiger partial charge < -0.3 is 9.64 Å². The summed E-state index contributed by atoms with van der Waals surface area (Å²) in [6.45, 7) is 4.09. The third-order valence-corrected chi connectivity index (χ3v) is 3.04. The molecule has 0 saturated carbocycles. The zero-order chi connectivity index (χ0) is 14.6. The molecule has 106 valence electrons. The van der Waals surface area contributed by atoms with Crippen LogP contribution < -0.4 is 4.80 Å². The first-order valence-electron chi connectivity index (χ1n) is 5.78. The van der Waals surface area contributed by atoms with Crippen LogP contribution in [0.3, 0.4) is 0 Å². The van der Waals surface area contributed by atoms with E-state index in [1.807, 2.05) is 13.8 Å². The van der Waals surface area contributed by atoms with Crippen molar-refractivity contribution in [2.45, 2.75) is 20.3 Å². The quantitative estimate of drug-likeness (QED) is 0.822. The Morgan fingerprint density at radius 1 is 1.47 bits per heavy atom. The van der Waals surface area contributed by atoms with E-state index in [-0.39, 0.29) is 4.80 Å². The number of ether oxygens (including phenoxy) is 1. The number of hydrogen-bond donors (Lipinski definition) is 0. The second kappa shape index (κ2) is 6.46.